The van der Waals surface area contributed by atoms with E-state index in [2.05, 4.69) is 15.3 Å². The summed E-state index contributed by atoms with van der Waals surface area (Å²) >= 11 is 0. The summed E-state index contributed by atoms with van der Waals surface area (Å²) in [6.07, 6.45) is 7.71. The van der Waals surface area contributed by atoms with Crippen LogP contribution in [0.1, 0.15) is 40.6 Å². The third-order valence-corrected chi connectivity index (χ3v) is 4.23. The Hall–Kier alpha value is -2.69. The number of rotatable bonds is 4. The molecule has 1 N–H and O–H groups in total. The molecule has 0 spiro atoms. The molecule has 1 saturated carbocycles. The molecule has 4 rings (SSSR count). The first-order valence-electron chi connectivity index (χ1n) is 7.88. The van der Waals surface area contributed by atoms with Crippen molar-refractivity contribution in [3.8, 4) is 0 Å². The van der Waals surface area contributed by atoms with E-state index in [0.717, 1.165) is 29.7 Å². The normalized spacial score (nSPS) is 15.5. The van der Waals surface area contributed by atoms with Gasteiger partial charge in [-0.2, -0.15) is 0 Å². The number of fused-ring (bicyclic) bond motifs is 1. The molecule has 0 aliphatic heterocycles. The van der Waals surface area contributed by atoms with Crippen molar-refractivity contribution in [2.45, 2.75) is 25.8 Å². The molecular weight excluding hydrogens is 288 g/mol. The predicted molar refractivity (Wildman–Crippen MR) is 87.1 cm³/mol. The fourth-order valence-electron chi connectivity index (χ4n) is 2.85. The lowest BCUT2D eigenvalue weighted by molar-refractivity contribution is 0.0926. The Morgan fingerprint density at radius 2 is 2.22 bits per heavy atom. The van der Waals surface area contributed by atoms with Gasteiger partial charge in [0.15, 0.2) is 0 Å². The summed E-state index contributed by atoms with van der Waals surface area (Å²) in [7, 11) is 0. The highest BCUT2D eigenvalue weighted by Crippen LogP contribution is 2.40. The van der Waals surface area contributed by atoms with Crippen LogP contribution in [0.15, 0.2) is 48.9 Å². The van der Waals surface area contributed by atoms with Crippen molar-refractivity contribution in [3.63, 3.8) is 0 Å². The molecule has 1 amide bonds. The topological polar surface area (TPSA) is 59.3 Å². The molecule has 3 heterocycles. The van der Waals surface area contributed by atoms with Gasteiger partial charge in [-0.05, 0) is 55.5 Å². The Bertz CT molecular complexity index is 833. The van der Waals surface area contributed by atoms with Crippen LogP contribution < -0.4 is 5.32 Å². The first-order valence-corrected chi connectivity index (χ1v) is 7.88. The van der Waals surface area contributed by atoms with Crippen molar-refractivity contribution >= 4 is 11.6 Å². The first kappa shape index (κ1) is 13.9. The molecule has 1 fully saturated rings. The number of hydrogen-bond acceptors (Lipinski definition) is 3. The van der Waals surface area contributed by atoms with E-state index < -0.39 is 0 Å². The second kappa shape index (κ2) is 5.50. The van der Waals surface area contributed by atoms with E-state index >= 15 is 0 Å². The first-order chi connectivity index (χ1) is 11.2. The van der Waals surface area contributed by atoms with Gasteiger partial charge in [0.25, 0.3) is 5.91 Å². The Morgan fingerprint density at radius 1 is 1.35 bits per heavy atom. The number of carbonyl (C=O) groups excluding carboxylic acids is 1. The molecule has 1 aliphatic carbocycles. The van der Waals surface area contributed by atoms with E-state index in [1.807, 2.05) is 47.9 Å². The number of amides is 1. The van der Waals surface area contributed by atoms with Gasteiger partial charge in [0.1, 0.15) is 11.3 Å². The van der Waals surface area contributed by atoms with Crippen LogP contribution in [0.25, 0.3) is 5.65 Å². The van der Waals surface area contributed by atoms with Crippen molar-refractivity contribution in [2.75, 3.05) is 0 Å². The molecule has 23 heavy (non-hydrogen) atoms. The maximum absolute atomic E-state index is 12.6. The van der Waals surface area contributed by atoms with Gasteiger partial charge in [-0.15, -0.1) is 0 Å². The van der Waals surface area contributed by atoms with Gasteiger partial charge in [0.2, 0.25) is 0 Å². The van der Waals surface area contributed by atoms with Gasteiger partial charge in [0.05, 0.1) is 11.7 Å². The molecule has 1 atom stereocenters. The number of carbonyl (C=O) groups is 1. The number of imidazole rings is 1. The zero-order valence-corrected chi connectivity index (χ0v) is 12.9. The minimum Gasteiger partial charge on any atom is -0.342 e. The van der Waals surface area contributed by atoms with E-state index in [9.17, 15) is 4.79 Å². The van der Waals surface area contributed by atoms with E-state index in [1.54, 1.807) is 12.4 Å². The average molecular weight is 306 g/mol. The van der Waals surface area contributed by atoms with E-state index in [1.165, 1.54) is 0 Å². The summed E-state index contributed by atoms with van der Waals surface area (Å²) in [5, 5.41) is 3.12. The van der Waals surface area contributed by atoms with Crippen LogP contribution in [0.4, 0.5) is 0 Å². The smallest absolute Gasteiger partial charge is 0.272 e. The lowest BCUT2D eigenvalue weighted by Crippen LogP contribution is -2.30. The molecule has 5 heteroatoms. The Labute approximate surface area is 134 Å². The van der Waals surface area contributed by atoms with Gasteiger partial charge < -0.3 is 9.72 Å². The van der Waals surface area contributed by atoms with Crippen molar-refractivity contribution in [1.82, 2.24) is 19.7 Å². The maximum atomic E-state index is 12.6. The SMILES string of the molecule is Cc1ccnc([C@@H](NC(=O)c2cn3ccccc3n2)C2CC2)c1. The molecule has 0 saturated heterocycles. The number of pyridine rings is 2. The van der Waals surface area contributed by atoms with Crippen LogP contribution in [-0.2, 0) is 0 Å². The molecule has 0 radical (unpaired) electrons. The molecule has 1 aliphatic rings. The standard InChI is InChI=1S/C18H18N4O/c1-12-7-8-19-14(10-12)17(13-5-6-13)21-18(23)15-11-22-9-3-2-4-16(22)20-15/h2-4,7-11,13,17H,5-6H2,1H3,(H,21,23)/t17-/m0/s1. The van der Waals surface area contributed by atoms with Gasteiger partial charge in [-0.3, -0.25) is 9.78 Å². The highest BCUT2D eigenvalue weighted by atomic mass is 16.2. The molecule has 0 aromatic carbocycles. The van der Waals surface area contributed by atoms with Gasteiger partial charge in [-0.1, -0.05) is 6.07 Å². The Kier molecular flexibility index (Phi) is 3.33. The molecule has 5 nitrogen and oxygen atoms in total. The monoisotopic (exact) mass is 306 g/mol. The van der Waals surface area contributed by atoms with Crippen LogP contribution in [0.5, 0.6) is 0 Å². The van der Waals surface area contributed by atoms with Gasteiger partial charge >= 0.3 is 0 Å². The lowest BCUT2D eigenvalue weighted by Gasteiger charge is -2.17. The molecule has 3 aromatic heterocycles. The molecule has 3 aromatic rings. The number of aryl methyl sites for hydroxylation is 1. The summed E-state index contributed by atoms with van der Waals surface area (Å²) in [4.78, 5) is 21.4. The molecule has 116 valence electrons. The van der Waals surface area contributed by atoms with Crippen LogP contribution in [0, 0.1) is 12.8 Å². The summed E-state index contributed by atoms with van der Waals surface area (Å²) in [6.45, 7) is 2.04. The highest BCUT2D eigenvalue weighted by Gasteiger charge is 2.34. The van der Waals surface area contributed by atoms with Gasteiger partial charge in [-0.25, -0.2) is 4.98 Å². The fourth-order valence-corrected chi connectivity index (χ4v) is 2.85. The third kappa shape index (κ3) is 2.82. The van der Waals surface area contributed by atoms with Crippen molar-refractivity contribution < 1.29 is 4.79 Å². The van der Waals surface area contributed by atoms with Crippen LogP contribution in [0.2, 0.25) is 0 Å². The Morgan fingerprint density at radius 3 is 2.96 bits per heavy atom. The van der Waals surface area contributed by atoms with Gasteiger partial charge in [0, 0.05) is 18.6 Å². The summed E-state index contributed by atoms with van der Waals surface area (Å²) in [5.74, 6) is 0.333. The largest absolute Gasteiger partial charge is 0.342 e. The number of nitrogens with zero attached hydrogens (tertiary/aromatic N) is 3. The summed E-state index contributed by atoms with van der Waals surface area (Å²) < 4.78 is 1.85. The van der Waals surface area contributed by atoms with E-state index in [0.29, 0.717) is 11.6 Å². The van der Waals surface area contributed by atoms with Crippen molar-refractivity contribution in [2.24, 2.45) is 5.92 Å². The number of nitrogens with one attached hydrogen (secondary N) is 1. The zero-order chi connectivity index (χ0) is 15.8. The minimum absolute atomic E-state index is 0.0350. The predicted octanol–water partition coefficient (Wildman–Crippen LogP) is 2.92. The van der Waals surface area contributed by atoms with Crippen molar-refractivity contribution in [1.29, 1.82) is 0 Å². The number of hydrogen-bond donors (Lipinski definition) is 1. The lowest BCUT2D eigenvalue weighted by atomic mass is 10.1. The van der Waals surface area contributed by atoms with Crippen LogP contribution >= 0.6 is 0 Å². The van der Waals surface area contributed by atoms with E-state index in [4.69, 9.17) is 0 Å². The average Bonchev–Trinajstić information content (AvgIpc) is 3.29. The van der Waals surface area contributed by atoms with Crippen molar-refractivity contribution in [3.05, 3.63) is 65.9 Å². The highest BCUT2D eigenvalue weighted by molar-refractivity contribution is 5.93. The third-order valence-electron chi connectivity index (χ3n) is 4.23. The molecular formula is C18H18N4O. The minimum atomic E-state index is -0.145. The second-order valence-electron chi connectivity index (χ2n) is 6.14. The number of aromatic nitrogens is 3. The van der Waals surface area contributed by atoms with Crippen LogP contribution in [0.3, 0.4) is 0 Å². The molecule has 0 unspecified atom stereocenters. The second-order valence-corrected chi connectivity index (χ2v) is 6.14. The maximum Gasteiger partial charge on any atom is 0.272 e. The Balaban J connectivity index is 1.60. The molecule has 0 bridgehead atoms. The quantitative estimate of drug-likeness (QED) is 0.806. The zero-order valence-electron chi connectivity index (χ0n) is 12.9. The fraction of sp³-hybridized carbons (Fsp3) is 0.278. The van der Waals surface area contributed by atoms with E-state index in [-0.39, 0.29) is 11.9 Å². The van der Waals surface area contributed by atoms with Crippen LogP contribution in [-0.4, -0.2) is 20.3 Å². The summed E-state index contributed by atoms with van der Waals surface area (Å²) in [5.41, 5.74) is 3.30. The summed E-state index contributed by atoms with van der Waals surface area (Å²) in [6, 6.07) is 9.70.